The van der Waals surface area contributed by atoms with E-state index in [2.05, 4.69) is 25.1 Å². The minimum Gasteiger partial charge on any atom is -0.457 e. The normalized spacial score (nSPS) is 13.3. The first-order valence-electron chi connectivity index (χ1n) is 8.22. The third-order valence-corrected chi connectivity index (χ3v) is 4.54. The summed E-state index contributed by atoms with van der Waals surface area (Å²) >= 11 is 0. The van der Waals surface area contributed by atoms with Gasteiger partial charge in [0.25, 0.3) is 5.69 Å². The van der Waals surface area contributed by atoms with Crippen molar-refractivity contribution < 1.29 is 9.66 Å². The third kappa shape index (κ3) is 3.07. The molecule has 2 aromatic rings. The second-order valence-corrected chi connectivity index (χ2v) is 6.45. The van der Waals surface area contributed by atoms with E-state index in [9.17, 15) is 10.1 Å². The highest BCUT2D eigenvalue weighted by Gasteiger charge is 2.20. The number of nitro groups is 1. The maximum atomic E-state index is 10.9. The Hall–Kier alpha value is -2.56. The number of ether oxygens (including phenoxy) is 1. The molecule has 5 nitrogen and oxygen atoms in total. The number of nitrogens with zero attached hydrogens (tertiary/aromatic N) is 2. The Labute approximate surface area is 142 Å². The fourth-order valence-corrected chi connectivity index (χ4v) is 3.31. The molecule has 24 heavy (non-hydrogen) atoms. The lowest BCUT2D eigenvalue weighted by atomic mass is 9.89. The summed E-state index contributed by atoms with van der Waals surface area (Å²) in [5.41, 5.74) is 4.74. The van der Waals surface area contributed by atoms with Crippen molar-refractivity contribution in [3.63, 3.8) is 0 Å². The van der Waals surface area contributed by atoms with Gasteiger partial charge < -0.3 is 9.64 Å². The van der Waals surface area contributed by atoms with Crippen molar-refractivity contribution in [2.75, 3.05) is 19.0 Å². The first-order valence-corrected chi connectivity index (χ1v) is 8.22. The average molecular weight is 326 g/mol. The Morgan fingerprint density at radius 3 is 2.33 bits per heavy atom. The van der Waals surface area contributed by atoms with Crippen molar-refractivity contribution in [2.24, 2.45) is 0 Å². The monoisotopic (exact) mass is 326 g/mol. The molecule has 0 heterocycles. The molecule has 1 aliphatic carbocycles. The van der Waals surface area contributed by atoms with Crippen LogP contribution in [0.3, 0.4) is 0 Å². The Morgan fingerprint density at radius 1 is 1.04 bits per heavy atom. The molecule has 0 aromatic heterocycles. The van der Waals surface area contributed by atoms with E-state index >= 15 is 0 Å². The van der Waals surface area contributed by atoms with Crippen molar-refractivity contribution in [3.05, 3.63) is 57.1 Å². The number of non-ortho nitro benzene ring substituents is 1. The summed E-state index contributed by atoms with van der Waals surface area (Å²) < 4.78 is 6.14. The molecule has 0 bridgehead atoms. The summed E-state index contributed by atoms with van der Waals surface area (Å²) in [4.78, 5) is 12.6. The van der Waals surface area contributed by atoms with Gasteiger partial charge in [-0.25, -0.2) is 0 Å². The van der Waals surface area contributed by atoms with Gasteiger partial charge in [0.05, 0.1) is 4.92 Å². The maximum absolute atomic E-state index is 10.9. The molecular weight excluding hydrogens is 304 g/mol. The quantitative estimate of drug-likeness (QED) is 0.606. The molecular formula is C19H22N2O3. The lowest BCUT2D eigenvalue weighted by Gasteiger charge is -2.26. The van der Waals surface area contributed by atoms with Gasteiger partial charge in [-0.1, -0.05) is 0 Å². The minimum absolute atomic E-state index is 0.0878. The van der Waals surface area contributed by atoms with Crippen LogP contribution in [0.5, 0.6) is 11.5 Å². The van der Waals surface area contributed by atoms with Gasteiger partial charge in [0.15, 0.2) is 0 Å². The highest BCUT2D eigenvalue weighted by Crippen LogP contribution is 2.38. The summed E-state index contributed by atoms with van der Waals surface area (Å²) in [6.07, 6.45) is 4.45. The molecule has 0 spiro atoms. The van der Waals surface area contributed by atoms with Gasteiger partial charge in [-0.3, -0.25) is 10.1 Å². The van der Waals surface area contributed by atoms with Gasteiger partial charge >= 0.3 is 0 Å². The second kappa shape index (κ2) is 6.51. The van der Waals surface area contributed by atoms with Gasteiger partial charge in [-0.2, -0.15) is 0 Å². The molecule has 2 aromatic carbocycles. The molecule has 3 rings (SSSR count). The highest BCUT2D eigenvalue weighted by atomic mass is 16.6. The van der Waals surface area contributed by atoms with Crippen LogP contribution in [0.1, 0.15) is 29.5 Å². The Balaban J connectivity index is 1.98. The molecule has 0 saturated carbocycles. The van der Waals surface area contributed by atoms with Gasteiger partial charge in [0, 0.05) is 37.5 Å². The summed E-state index contributed by atoms with van der Waals surface area (Å²) in [6, 6.07) is 8.84. The molecule has 126 valence electrons. The predicted molar refractivity (Wildman–Crippen MR) is 95.3 cm³/mol. The topological polar surface area (TPSA) is 55.6 Å². The molecule has 0 unspecified atom stereocenters. The van der Waals surface area contributed by atoms with Crippen LogP contribution in [0.15, 0.2) is 30.3 Å². The average Bonchev–Trinajstić information content (AvgIpc) is 2.56. The van der Waals surface area contributed by atoms with Gasteiger partial charge in [-0.15, -0.1) is 0 Å². The summed E-state index contributed by atoms with van der Waals surface area (Å²) in [5.74, 6) is 1.54. The molecule has 0 radical (unpaired) electrons. The van der Waals surface area contributed by atoms with Crippen molar-refractivity contribution in [3.8, 4) is 11.5 Å². The standard InChI is InChI=1S/C19H22N2O3/c1-13-12-14(21(22)23)8-10-18(13)24-19-11-9-17(20(2)3)15-6-4-5-7-16(15)19/h8-12H,4-7H2,1-3H3. The van der Waals surface area contributed by atoms with E-state index in [1.165, 1.54) is 35.7 Å². The lowest BCUT2D eigenvalue weighted by Crippen LogP contribution is -2.15. The molecule has 0 saturated heterocycles. The van der Waals surface area contributed by atoms with Crippen molar-refractivity contribution in [1.82, 2.24) is 0 Å². The molecule has 0 atom stereocenters. The summed E-state index contributed by atoms with van der Waals surface area (Å²) in [6.45, 7) is 1.84. The van der Waals surface area contributed by atoms with E-state index in [0.29, 0.717) is 5.75 Å². The summed E-state index contributed by atoms with van der Waals surface area (Å²) in [5, 5.41) is 10.9. The van der Waals surface area contributed by atoms with E-state index in [0.717, 1.165) is 24.2 Å². The number of fused-ring (bicyclic) bond motifs is 1. The van der Waals surface area contributed by atoms with E-state index in [-0.39, 0.29) is 10.6 Å². The van der Waals surface area contributed by atoms with Crippen LogP contribution < -0.4 is 9.64 Å². The SMILES string of the molecule is Cc1cc([N+](=O)[O-])ccc1Oc1ccc(N(C)C)c2c1CCCC2. The van der Waals surface area contributed by atoms with Crippen LogP contribution >= 0.6 is 0 Å². The Kier molecular flexibility index (Phi) is 4.42. The highest BCUT2D eigenvalue weighted by molar-refractivity contribution is 5.62. The number of hydrogen-bond donors (Lipinski definition) is 0. The molecule has 1 aliphatic rings. The van der Waals surface area contributed by atoms with E-state index in [1.807, 2.05) is 13.0 Å². The van der Waals surface area contributed by atoms with Gasteiger partial charge in [-0.05, 0) is 61.9 Å². The molecule has 0 N–H and O–H groups in total. The van der Waals surface area contributed by atoms with Crippen molar-refractivity contribution >= 4 is 11.4 Å². The summed E-state index contributed by atoms with van der Waals surface area (Å²) in [7, 11) is 4.12. The zero-order valence-electron chi connectivity index (χ0n) is 14.3. The number of nitro benzene ring substituents is 1. The second-order valence-electron chi connectivity index (χ2n) is 6.45. The number of hydrogen-bond acceptors (Lipinski definition) is 4. The fourth-order valence-electron chi connectivity index (χ4n) is 3.31. The fraction of sp³-hybridized carbons (Fsp3) is 0.368. The molecule has 0 amide bonds. The van der Waals surface area contributed by atoms with Crippen molar-refractivity contribution in [2.45, 2.75) is 32.6 Å². The minimum atomic E-state index is -0.384. The molecule has 0 aliphatic heterocycles. The van der Waals surface area contributed by atoms with Crippen LogP contribution in [0, 0.1) is 17.0 Å². The Bertz CT molecular complexity index is 784. The number of aryl methyl sites for hydroxylation is 1. The van der Waals surface area contributed by atoms with Gasteiger partial charge in [0.1, 0.15) is 11.5 Å². The van der Waals surface area contributed by atoms with Gasteiger partial charge in [0.2, 0.25) is 0 Å². The maximum Gasteiger partial charge on any atom is 0.269 e. The van der Waals surface area contributed by atoms with Crippen molar-refractivity contribution in [1.29, 1.82) is 0 Å². The number of rotatable bonds is 4. The molecule has 0 fully saturated rings. The lowest BCUT2D eigenvalue weighted by molar-refractivity contribution is -0.384. The van der Waals surface area contributed by atoms with Crippen LogP contribution in [0.2, 0.25) is 0 Å². The zero-order valence-corrected chi connectivity index (χ0v) is 14.3. The number of benzene rings is 2. The third-order valence-electron chi connectivity index (χ3n) is 4.54. The largest absolute Gasteiger partial charge is 0.457 e. The Morgan fingerprint density at radius 2 is 1.71 bits per heavy atom. The van der Waals surface area contributed by atoms with E-state index < -0.39 is 0 Å². The smallest absolute Gasteiger partial charge is 0.269 e. The molecule has 5 heteroatoms. The first kappa shape index (κ1) is 16.3. The number of anilines is 1. The van der Waals surface area contributed by atoms with Crippen LogP contribution in [0.4, 0.5) is 11.4 Å². The zero-order chi connectivity index (χ0) is 17.3. The van der Waals surface area contributed by atoms with Crippen LogP contribution in [0.25, 0.3) is 0 Å². The van der Waals surface area contributed by atoms with E-state index in [4.69, 9.17) is 4.74 Å². The van der Waals surface area contributed by atoms with E-state index in [1.54, 1.807) is 12.1 Å². The van der Waals surface area contributed by atoms with Crippen LogP contribution in [-0.2, 0) is 12.8 Å². The van der Waals surface area contributed by atoms with Crippen LogP contribution in [-0.4, -0.2) is 19.0 Å². The predicted octanol–water partition coefficient (Wildman–Crippen LogP) is 4.64. The first-order chi connectivity index (χ1) is 11.5.